The van der Waals surface area contributed by atoms with Crippen LogP contribution in [0, 0.1) is 11.8 Å². The van der Waals surface area contributed by atoms with Crippen LogP contribution in [0.4, 0.5) is 0 Å². The normalized spacial score (nSPS) is 22.3. The van der Waals surface area contributed by atoms with Crippen molar-refractivity contribution >= 4 is 5.91 Å². The average molecular weight is 305 g/mol. The number of likely N-dealkylation sites (tertiary alicyclic amines) is 1. The van der Waals surface area contributed by atoms with E-state index in [1.54, 1.807) is 0 Å². The van der Waals surface area contributed by atoms with Gasteiger partial charge in [0.2, 0.25) is 11.8 Å². The number of hydrogen-bond acceptors (Lipinski definition) is 4. The topological polar surface area (TPSA) is 59.2 Å². The Morgan fingerprint density at radius 2 is 2.09 bits per heavy atom. The van der Waals surface area contributed by atoms with Crippen LogP contribution in [0.3, 0.4) is 0 Å². The summed E-state index contributed by atoms with van der Waals surface area (Å²) in [5.74, 6) is 3.15. The standard InChI is InChI=1S/C17H27N3O2/c1-3-13(4-2)17(21)20-9-5-6-12(11-20)10-15-18-16(19-22-15)14-7-8-14/h12-14H,3-11H2,1-2H3. The number of piperidine rings is 1. The minimum Gasteiger partial charge on any atom is -0.342 e. The molecule has 5 nitrogen and oxygen atoms in total. The molecule has 0 bridgehead atoms. The number of carbonyl (C=O) groups excluding carboxylic acids is 1. The maximum absolute atomic E-state index is 12.5. The van der Waals surface area contributed by atoms with Gasteiger partial charge in [-0.3, -0.25) is 4.79 Å². The van der Waals surface area contributed by atoms with Gasteiger partial charge in [0.15, 0.2) is 5.82 Å². The van der Waals surface area contributed by atoms with Gasteiger partial charge in [-0.15, -0.1) is 0 Å². The van der Waals surface area contributed by atoms with Crippen LogP contribution in [0.1, 0.15) is 70.0 Å². The number of carbonyl (C=O) groups is 1. The second kappa shape index (κ2) is 6.80. The summed E-state index contributed by atoms with van der Waals surface area (Å²) in [7, 11) is 0. The van der Waals surface area contributed by atoms with E-state index in [1.807, 2.05) is 0 Å². The van der Waals surface area contributed by atoms with Gasteiger partial charge in [0.1, 0.15) is 0 Å². The second-order valence-electron chi connectivity index (χ2n) is 6.83. The van der Waals surface area contributed by atoms with Crippen LogP contribution in [0.5, 0.6) is 0 Å². The highest BCUT2D eigenvalue weighted by atomic mass is 16.5. The van der Waals surface area contributed by atoms with E-state index >= 15 is 0 Å². The molecule has 2 fully saturated rings. The SMILES string of the molecule is CCC(CC)C(=O)N1CCCC(Cc2nc(C3CC3)no2)C1. The third-order valence-corrected chi connectivity index (χ3v) is 5.06. The number of aromatic nitrogens is 2. The second-order valence-corrected chi connectivity index (χ2v) is 6.83. The zero-order valence-corrected chi connectivity index (χ0v) is 13.8. The molecule has 0 spiro atoms. The van der Waals surface area contributed by atoms with Crippen molar-refractivity contribution in [1.29, 1.82) is 0 Å². The molecule has 122 valence electrons. The Morgan fingerprint density at radius 3 is 2.77 bits per heavy atom. The summed E-state index contributed by atoms with van der Waals surface area (Å²) in [6, 6.07) is 0. The van der Waals surface area contributed by atoms with Gasteiger partial charge in [-0.25, -0.2) is 0 Å². The Balaban J connectivity index is 1.56. The quantitative estimate of drug-likeness (QED) is 0.810. The van der Waals surface area contributed by atoms with E-state index in [-0.39, 0.29) is 5.92 Å². The van der Waals surface area contributed by atoms with Gasteiger partial charge in [-0.1, -0.05) is 19.0 Å². The Labute approximate surface area is 132 Å². The first kappa shape index (κ1) is 15.5. The van der Waals surface area contributed by atoms with Crippen LogP contribution in [0.2, 0.25) is 0 Å². The lowest BCUT2D eigenvalue weighted by Crippen LogP contribution is -2.43. The number of rotatable bonds is 6. The van der Waals surface area contributed by atoms with Crippen LogP contribution in [-0.2, 0) is 11.2 Å². The molecule has 0 aromatic carbocycles. The molecule has 1 amide bonds. The molecule has 2 heterocycles. The minimum atomic E-state index is 0.184. The van der Waals surface area contributed by atoms with Crippen LogP contribution in [0.25, 0.3) is 0 Å². The zero-order valence-electron chi connectivity index (χ0n) is 13.8. The molecule has 0 radical (unpaired) electrons. The van der Waals surface area contributed by atoms with Crippen molar-refractivity contribution in [1.82, 2.24) is 15.0 Å². The van der Waals surface area contributed by atoms with Gasteiger partial charge in [-0.05, 0) is 44.4 Å². The van der Waals surface area contributed by atoms with E-state index in [0.717, 1.165) is 56.9 Å². The first-order valence-corrected chi connectivity index (χ1v) is 8.82. The van der Waals surface area contributed by atoms with Gasteiger partial charge >= 0.3 is 0 Å². The third-order valence-electron chi connectivity index (χ3n) is 5.06. The highest BCUT2D eigenvalue weighted by Crippen LogP contribution is 2.38. The summed E-state index contributed by atoms with van der Waals surface area (Å²) < 4.78 is 5.39. The van der Waals surface area contributed by atoms with Crippen LogP contribution in [-0.4, -0.2) is 34.0 Å². The molecule has 2 aliphatic rings. The molecule has 1 saturated heterocycles. The van der Waals surface area contributed by atoms with Crippen molar-refractivity contribution in [3.63, 3.8) is 0 Å². The molecule has 0 N–H and O–H groups in total. The predicted octanol–water partition coefficient (Wildman–Crippen LogP) is 3.16. The van der Waals surface area contributed by atoms with Crippen molar-refractivity contribution in [3.8, 4) is 0 Å². The van der Waals surface area contributed by atoms with Gasteiger partial charge in [0.05, 0.1) is 0 Å². The fourth-order valence-corrected chi connectivity index (χ4v) is 3.43. The van der Waals surface area contributed by atoms with E-state index in [4.69, 9.17) is 4.52 Å². The first-order valence-electron chi connectivity index (χ1n) is 8.82. The van der Waals surface area contributed by atoms with E-state index in [1.165, 1.54) is 12.8 Å². The molecule has 3 rings (SSSR count). The van der Waals surface area contributed by atoms with Gasteiger partial charge in [-0.2, -0.15) is 4.98 Å². The number of amides is 1. The summed E-state index contributed by atoms with van der Waals surface area (Å²) in [5.41, 5.74) is 0. The predicted molar refractivity (Wildman–Crippen MR) is 83.4 cm³/mol. The lowest BCUT2D eigenvalue weighted by atomic mass is 9.92. The molecular formula is C17H27N3O2. The monoisotopic (exact) mass is 305 g/mol. The number of nitrogens with zero attached hydrogens (tertiary/aromatic N) is 3. The van der Waals surface area contributed by atoms with Crippen LogP contribution >= 0.6 is 0 Å². The lowest BCUT2D eigenvalue weighted by molar-refractivity contribution is -0.137. The molecule has 22 heavy (non-hydrogen) atoms. The maximum Gasteiger partial charge on any atom is 0.226 e. The summed E-state index contributed by atoms with van der Waals surface area (Å²) in [5, 5.41) is 4.09. The van der Waals surface area contributed by atoms with Crippen LogP contribution < -0.4 is 0 Å². The summed E-state index contributed by atoms with van der Waals surface area (Å²) in [6.45, 7) is 5.95. The van der Waals surface area contributed by atoms with Crippen molar-refractivity contribution in [2.45, 2.75) is 64.7 Å². The van der Waals surface area contributed by atoms with Crippen molar-refractivity contribution < 1.29 is 9.32 Å². The van der Waals surface area contributed by atoms with Crippen molar-refractivity contribution in [2.24, 2.45) is 11.8 Å². The van der Waals surface area contributed by atoms with E-state index in [0.29, 0.717) is 17.7 Å². The Morgan fingerprint density at radius 1 is 1.32 bits per heavy atom. The molecule has 1 saturated carbocycles. The highest BCUT2D eigenvalue weighted by Gasteiger charge is 2.31. The molecule has 1 aromatic rings. The summed E-state index contributed by atoms with van der Waals surface area (Å²) >= 11 is 0. The average Bonchev–Trinajstić information content (AvgIpc) is 3.29. The molecule has 1 atom stereocenters. The molecular weight excluding hydrogens is 278 g/mol. The summed E-state index contributed by atoms with van der Waals surface area (Å²) in [4.78, 5) is 19.1. The summed E-state index contributed by atoms with van der Waals surface area (Å²) in [6.07, 6.45) is 7.30. The van der Waals surface area contributed by atoms with E-state index in [2.05, 4.69) is 28.9 Å². The fraction of sp³-hybridized carbons (Fsp3) is 0.824. The first-order chi connectivity index (χ1) is 10.7. The Hall–Kier alpha value is -1.39. The van der Waals surface area contributed by atoms with Crippen LogP contribution in [0.15, 0.2) is 4.52 Å². The lowest BCUT2D eigenvalue weighted by Gasteiger charge is -2.34. The van der Waals surface area contributed by atoms with Gasteiger partial charge < -0.3 is 9.42 Å². The highest BCUT2D eigenvalue weighted by molar-refractivity contribution is 5.78. The number of hydrogen-bond donors (Lipinski definition) is 0. The van der Waals surface area contributed by atoms with Gasteiger partial charge in [0, 0.05) is 31.3 Å². The van der Waals surface area contributed by atoms with Crippen molar-refractivity contribution in [2.75, 3.05) is 13.1 Å². The molecule has 1 aromatic heterocycles. The maximum atomic E-state index is 12.5. The minimum absolute atomic E-state index is 0.184. The fourth-order valence-electron chi connectivity index (χ4n) is 3.43. The smallest absolute Gasteiger partial charge is 0.226 e. The molecule has 1 aliphatic carbocycles. The Bertz CT molecular complexity index is 506. The molecule has 1 unspecified atom stereocenters. The largest absolute Gasteiger partial charge is 0.342 e. The van der Waals surface area contributed by atoms with E-state index in [9.17, 15) is 4.79 Å². The van der Waals surface area contributed by atoms with Crippen molar-refractivity contribution in [3.05, 3.63) is 11.7 Å². The molecule has 5 heteroatoms. The Kier molecular flexibility index (Phi) is 4.79. The van der Waals surface area contributed by atoms with E-state index < -0.39 is 0 Å². The zero-order chi connectivity index (χ0) is 15.5. The molecule has 1 aliphatic heterocycles. The third kappa shape index (κ3) is 3.50. The van der Waals surface area contributed by atoms with Gasteiger partial charge in [0.25, 0.3) is 0 Å².